The summed E-state index contributed by atoms with van der Waals surface area (Å²) in [5.41, 5.74) is 1.43. The van der Waals surface area contributed by atoms with Crippen LogP contribution in [-0.2, 0) is 6.54 Å². The molecular formula is C20H20ClN3O4. The van der Waals surface area contributed by atoms with E-state index in [2.05, 4.69) is 5.32 Å². The summed E-state index contributed by atoms with van der Waals surface area (Å²) < 4.78 is 10.6. The number of hydrogen-bond donors (Lipinski definition) is 1. The summed E-state index contributed by atoms with van der Waals surface area (Å²) in [6, 6.07) is 12.4. The van der Waals surface area contributed by atoms with Crippen molar-refractivity contribution in [3.63, 3.8) is 0 Å². The third kappa shape index (κ3) is 3.84. The van der Waals surface area contributed by atoms with Gasteiger partial charge in [-0.25, -0.2) is 4.79 Å². The molecule has 2 heterocycles. The van der Waals surface area contributed by atoms with Crippen molar-refractivity contribution in [1.29, 1.82) is 0 Å². The van der Waals surface area contributed by atoms with Gasteiger partial charge in [0, 0.05) is 43.3 Å². The standard InChI is InChI=1S/C20H20ClN3O4/c21-16-4-2-1-3-15(16)12-22-20(26)24-9-7-23(8-10-24)19(25)14-5-6-17-18(11-14)28-13-27-17/h1-6,11H,7-10,12-13H2,(H,22,26). The molecule has 1 N–H and O–H groups in total. The molecule has 0 atom stereocenters. The highest BCUT2D eigenvalue weighted by Crippen LogP contribution is 2.32. The maximum atomic E-state index is 12.7. The normalized spacial score (nSPS) is 15.5. The lowest BCUT2D eigenvalue weighted by Gasteiger charge is -2.34. The average molecular weight is 402 g/mol. The average Bonchev–Trinajstić information content (AvgIpc) is 3.20. The van der Waals surface area contributed by atoms with Crippen LogP contribution >= 0.6 is 11.6 Å². The molecule has 2 aliphatic rings. The molecule has 1 saturated heterocycles. The highest BCUT2D eigenvalue weighted by Gasteiger charge is 2.26. The molecule has 0 aliphatic carbocycles. The van der Waals surface area contributed by atoms with Crippen LogP contribution in [0.5, 0.6) is 11.5 Å². The van der Waals surface area contributed by atoms with E-state index in [0.29, 0.717) is 54.8 Å². The van der Waals surface area contributed by atoms with Crippen LogP contribution in [0.15, 0.2) is 42.5 Å². The topological polar surface area (TPSA) is 71.1 Å². The third-order valence-electron chi connectivity index (χ3n) is 4.86. The number of amides is 3. The van der Waals surface area contributed by atoms with E-state index in [0.717, 1.165) is 5.56 Å². The summed E-state index contributed by atoms with van der Waals surface area (Å²) in [6.45, 7) is 2.46. The number of nitrogens with zero attached hydrogens (tertiary/aromatic N) is 2. The number of ether oxygens (including phenoxy) is 2. The zero-order valence-electron chi connectivity index (χ0n) is 15.2. The monoisotopic (exact) mass is 401 g/mol. The van der Waals surface area contributed by atoms with E-state index in [1.165, 1.54) is 0 Å². The number of benzene rings is 2. The maximum Gasteiger partial charge on any atom is 0.317 e. The summed E-state index contributed by atoms with van der Waals surface area (Å²) in [5, 5.41) is 3.51. The molecule has 0 spiro atoms. The van der Waals surface area contributed by atoms with E-state index in [9.17, 15) is 9.59 Å². The molecule has 3 amide bonds. The van der Waals surface area contributed by atoms with Gasteiger partial charge in [0.25, 0.3) is 5.91 Å². The molecule has 146 valence electrons. The first-order valence-corrected chi connectivity index (χ1v) is 9.45. The molecular weight excluding hydrogens is 382 g/mol. The van der Waals surface area contributed by atoms with E-state index in [-0.39, 0.29) is 18.7 Å². The fraction of sp³-hybridized carbons (Fsp3) is 0.300. The Morgan fingerprint density at radius 3 is 2.46 bits per heavy atom. The molecule has 7 nitrogen and oxygen atoms in total. The van der Waals surface area contributed by atoms with Gasteiger partial charge in [-0.3, -0.25) is 4.79 Å². The molecule has 0 aromatic heterocycles. The first-order chi connectivity index (χ1) is 13.6. The van der Waals surface area contributed by atoms with Crippen molar-refractivity contribution in [1.82, 2.24) is 15.1 Å². The van der Waals surface area contributed by atoms with Crippen LogP contribution in [-0.4, -0.2) is 54.7 Å². The summed E-state index contributed by atoms with van der Waals surface area (Å²) in [5.74, 6) is 1.16. The van der Waals surface area contributed by atoms with E-state index in [1.807, 2.05) is 18.2 Å². The molecule has 0 bridgehead atoms. The molecule has 8 heteroatoms. The summed E-state index contributed by atoms with van der Waals surface area (Å²) in [7, 11) is 0. The Morgan fingerprint density at radius 2 is 1.68 bits per heavy atom. The lowest BCUT2D eigenvalue weighted by Crippen LogP contribution is -2.53. The van der Waals surface area contributed by atoms with Crippen molar-refractivity contribution in [2.75, 3.05) is 33.0 Å². The molecule has 1 fully saturated rings. The number of urea groups is 1. The number of rotatable bonds is 3. The van der Waals surface area contributed by atoms with Crippen molar-refractivity contribution in [3.8, 4) is 11.5 Å². The molecule has 2 aliphatic heterocycles. The highest BCUT2D eigenvalue weighted by atomic mass is 35.5. The Labute approximate surface area is 167 Å². The van der Waals surface area contributed by atoms with Crippen molar-refractivity contribution >= 4 is 23.5 Å². The fourth-order valence-corrected chi connectivity index (χ4v) is 3.45. The second kappa shape index (κ2) is 7.98. The molecule has 28 heavy (non-hydrogen) atoms. The number of piperazine rings is 1. The van der Waals surface area contributed by atoms with Crippen molar-refractivity contribution in [2.24, 2.45) is 0 Å². The van der Waals surface area contributed by atoms with Crippen molar-refractivity contribution in [3.05, 3.63) is 58.6 Å². The van der Waals surface area contributed by atoms with Crippen LogP contribution in [0.4, 0.5) is 4.79 Å². The molecule has 0 unspecified atom stereocenters. The fourth-order valence-electron chi connectivity index (χ4n) is 3.25. The van der Waals surface area contributed by atoms with E-state index in [4.69, 9.17) is 21.1 Å². The van der Waals surface area contributed by atoms with Crippen LogP contribution in [0.25, 0.3) is 0 Å². The lowest BCUT2D eigenvalue weighted by molar-refractivity contribution is 0.0664. The molecule has 4 rings (SSSR count). The van der Waals surface area contributed by atoms with Gasteiger partial charge in [-0.2, -0.15) is 0 Å². The molecule has 2 aromatic carbocycles. The van der Waals surface area contributed by atoms with Gasteiger partial charge in [-0.05, 0) is 29.8 Å². The van der Waals surface area contributed by atoms with Gasteiger partial charge in [-0.1, -0.05) is 29.8 Å². The van der Waals surface area contributed by atoms with Gasteiger partial charge in [0.1, 0.15) is 0 Å². The Hall–Kier alpha value is -2.93. The smallest absolute Gasteiger partial charge is 0.317 e. The highest BCUT2D eigenvalue weighted by molar-refractivity contribution is 6.31. The number of fused-ring (bicyclic) bond motifs is 1. The van der Waals surface area contributed by atoms with Crippen molar-refractivity contribution in [2.45, 2.75) is 6.54 Å². The van der Waals surface area contributed by atoms with Gasteiger partial charge >= 0.3 is 6.03 Å². The van der Waals surface area contributed by atoms with E-state index >= 15 is 0 Å². The van der Waals surface area contributed by atoms with Crippen molar-refractivity contribution < 1.29 is 19.1 Å². The number of carbonyl (C=O) groups excluding carboxylic acids is 2. The van der Waals surface area contributed by atoms with Crippen LogP contribution in [0.1, 0.15) is 15.9 Å². The first-order valence-electron chi connectivity index (χ1n) is 9.07. The number of nitrogens with one attached hydrogen (secondary N) is 1. The SMILES string of the molecule is O=C(NCc1ccccc1Cl)N1CCN(C(=O)c2ccc3c(c2)OCO3)CC1. The number of hydrogen-bond acceptors (Lipinski definition) is 4. The first kappa shape index (κ1) is 18.4. The largest absolute Gasteiger partial charge is 0.454 e. The van der Waals surface area contributed by atoms with Gasteiger partial charge in [0.15, 0.2) is 11.5 Å². The van der Waals surface area contributed by atoms with E-state index in [1.54, 1.807) is 34.1 Å². The van der Waals surface area contributed by atoms with Crippen LogP contribution in [0.2, 0.25) is 5.02 Å². The van der Waals surface area contributed by atoms with Gasteiger partial charge < -0.3 is 24.6 Å². The Bertz CT molecular complexity index is 897. The Balaban J connectivity index is 1.30. The predicted molar refractivity (Wildman–Crippen MR) is 104 cm³/mol. The van der Waals surface area contributed by atoms with Crippen LogP contribution in [0.3, 0.4) is 0 Å². The number of carbonyl (C=O) groups is 2. The summed E-state index contributed by atoms with van der Waals surface area (Å²) in [6.07, 6.45) is 0. The second-order valence-corrected chi connectivity index (χ2v) is 7.00. The lowest BCUT2D eigenvalue weighted by atomic mass is 10.1. The molecule has 0 radical (unpaired) electrons. The minimum Gasteiger partial charge on any atom is -0.454 e. The molecule has 0 saturated carbocycles. The minimum atomic E-state index is -0.157. The molecule has 2 aromatic rings. The summed E-state index contributed by atoms with van der Waals surface area (Å²) >= 11 is 6.12. The minimum absolute atomic E-state index is 0.0746. The number of halogens is 1. The maximum absolute atomic E-state index is 12.7. The zero-order valence-corrected chi connectivity index (χ0v) is 15.9. The zero-order chi connectivity index (χ0) is 19.5. The predicted octanol–water partition coefficient (Wildman–Crippen LogP) is 2.74. The van der Waals surface area contributed by atoms with Crippen LogP contribution < -0.4 is 14.8 Å². The Morgan fingerprint density at radius 1 is 0.964 bits per heavy atom. The Kier molecular flexibility index (Phi) is 5.25. The second-order valence-electron chi connectivity index (χ2n) is 6.60. The van der Waals surface area contributed by atoms with E-state index < -0.39 is 0 Å². The third-order valence-corrected chi connectivity index (χ3v) is 5.23. The van der Waals surface area contributed by atoms with Gasteiger partial charge in [-0.15, -0.1) is 0 Å². The summed E-state index contributed by atoms with van der Waals surface area (Å²) in [4.78, 5) is 28.6. The van der Waals surface area contributed by atoms with Gasteiger partial charge in [0.2, 0.25) is 6.79 Å². The quantitative estimate of drug-likeness (QED) is 0.858. The van der Waals surface area contributed by atoms with Gasteiger partial charge in [0.05, 0.1) is 0 Å². The van der Waals surface area contributed by atoms with Crippen LogP contribution in [0, 0.1) is 0 Å².